The fourth-order valence-corrected chi connectivity index (χ4v) is 3.06. The normalized spacial score (nSPS) is 12.7. The minimum Gasteiger partial charge on any atom is -0.465 e. The van der Waals surface area contributed by atoms with E-state index in [9.17, 15) is 19.2 Å². The standard InChI is InChI=1S/C19H15ClN2O5/c1-27-19(26)11-5-2-3-8-14(11)21-15(23)9-10-22-17(24)12-6-4-7-13(20)16(12)18(22)25/h2-8H,9-10H2,1H3,(H,21,23). The smallest absolute Gasteiger partial charge is 0.339 e. The van der Waals surface area contributed by atoms with Crippen LogP contribution in [0.4, 0.5) is 5.69 Å². The van der Waals surface area contributed by atoms with Crippen LogP contribution in [0.2, 0.25) is 5.02 Å². The third-order valence-electron chi connectivity index (χ3n) is 4.12. The van der Waals surface area contributed by atoms with Crippen molar-refractivity contribution in [1.29, 1.82) is 0 Å². The van der Waals surface area contributed by atoms with Crippen molar-refractivity contribution >= 4 is 41.0 Å². The van der Waals surface area contributed by atoms with Crippen LogP contribution < -0.4 is 5.32 Å². The lowest BCUT2D eigenvalue weighted by Crippen LogP contribution is -2.33. The maximum absolute atomic E-state index is 12.4. The van der Waals surface area contributed by atoms with Crippen LogP contribution in [0.5, 0.6) is 0 Å². The molecule has 0 aromatic heterocycles. The number of para-hydroxylation sites is 1. The van der Waals surface area contributed by atoms with Crippen LogP contribution in [-0.2, 0) is 9.53 Å². The van der Waals surface area contributed by atoms with Crippen LogP contribution in [0.15, 0.2) is 42.5 Å². The number of carbonyl (C=O) groups excluding carboxylic acids is 4. The molecule has 138 valence electrons. The fourth-order valence-electron chi connectivity index (χ4n) is 2.80. The molecule has 2 aromatic carbocycles. The van der Waals surface area contributed by atoms with Crippen molar-refractivity contribution < 1.29 is 23.9 Å². The van der Waals surface area contributed by atoms with Gasteiger partial charge >= 0.3 is 5.97 Å². The SMILES string of the molecule is COC(=O)c1ccccc1NC(=O)CCN1C(=O)c2cccc(Cl)c2C1=O. The molecule has 2 aromatic rings. The Balaban J connectivity index is 1.68. The van der Waals surface area contributed by atoms with Crippen molar-refractivity contribution in [2.24, 2.45) is 0 Å². The van der Waals surface area contributed by atoms with E-state index in [0.29, 0.717) is 5.69 Å². The van der Waals surface area contributed by atoms with Crippen molar-refractivity contribution in [3.05, 3.63) is 64.2 Å². The summed E-state index contributed by atoms with van der Waals surface area (Å²) in [5.41, 5.74) is 0.880. The van der Waals surface area contributed by atoms with Gasteiger partial charge in [-0.05, 0) is 24.3 Å². The average molecular weight is 387 g/mol. The molecule has 0 saturated heterocycles. The number of hydrogen-bond donors (Lipinski definition) is 1. The summed E-state index contributed by atoms with van der Waals surface area (Å²) in [6.45, 7) is -0.102. The molecule has 27 heavy (non-hydrogen) atoms. The van der Waals surface area contributed by atoms with E-state index in [0.717, 1.165) is 4.90 Å². The van der Waals surface area contributed by atoms with Crippen LogP contribution in [-0.4, -0.2) is 42.2 Å². The van der Waals surface area contributed by atoms with Gasteiger partial charge in [0.2, 0.25) is 5.91 Å². The second kappa shape index (κ2) is 7.59. The highest BCUT2D eigenvalue weighted by atomic mass is 35.5. The highest BCUT2D eigenvalue weighted by molar-refractivity contribution is 6.37. The molecule has 0 aliphatic carbocycles. The summed E-state index contributed by atoms with van der Waals surface area (Å²) < 4.78 is 4.67. The van der Waals surface area contributed by atoms with Gasteiger partial charge in [-0.25, -0.2) is 4.79 Å². The number of nitrogens with one attached hydrogen (secondary N) is 1. The Labute approximate surface area is 159 Å². The van der Waals surface area contributed by atoms with Gasteiger partial charge in [0.05, 0.1) is 34.5 Å². The molecule has 3 amide bonds. The number of anilines is 1. The maximum Gasteiger partial charge on any atom is 0.339 e. The van der Waals surface area contributed by atoms with Crippen molar-refractivity contribution in [2.45, 2.75) is 6.42 Å². The molecule has 8 heteroatoms. The van der Waals surface area contributed by atoms with E-state index in [-0.39, 0.29) is 34.7 Å². The molecular formula is C19H15ClN2O5. The lowest BCUT2D eigenvalue weighted by atomic mass is 10.1. The Bertz CT molecular complexity index is 957. The molecule has 1 aliphatic rings. The van der Waals surface area contributed by atoms with E-state index >= 15 is 0 Å². The molecule has 3 rings (SSSR count). The van der Waals surface area contributed by atoms with Gasteiger partial charge in [0.15, 0.2) is 0 Å². The maximum atomic E-state index is 12.4. The molecule has 0 atom stereocenters. The summed E-state index contributed by atoms with van der Waals surface area (Å²) in [7, 11) is 1.24. The first-order chi connectivity index (χ1) is 12.9. The second-order valence-electron chi connectivity index (χ2n) is 5.76. The van der Waals surface area contributed by atoms with Crippen LogP contribution >= 0.6 is 11.6 Å². The fraction of sp³-hybridized carbons (Fsp3) is 0.158. The van der Waals surface area contributed by atoms with Crippen molar-refractivity contribution in [3.8, 4) is 0 Å². The van der Waals surface area contributed by atoms with Gasteiger partial charge < -0.3 is 10.1 Å². The summed E-state index contributed by atoms with van der Waals surface area (Å²) in [6, 6.07) is 11.0. The van der Waals surface area contributed by atoms with Gasteiger partial charge in [0.1, 0.15) is 0 Å². The van der Waals surface area contributed by atoms with Gasteiger partial charge in [0.25, 0.3) is 11.8 Å². The van der Waals surface area contributed by atoms with Gasteiger partial charge in [0, 0.05) is 13.0 Å². The predicted octanol–water partition coefficient (Wildman–Crippen LogP) is 2.75. The average Bonchev–Trinajstić information content (AvgIpc) is 2.91. The highest BCUT2D eigenvalue weighted by Crippen LogP contribution is 2.29. The van der Waals surface area contributed by atoms with E-state index in [2.05, 4.69) is 10.1 Å². The highest BCUT2D eigenvalue weighted by Gasteiger charge is 2.37. The molecule has 7 nitrogen and oxygen atoms in total. The first kappa shape index (κ1) is 18.6. The van der Waals surface area contributed by atoms with Crippen LogP contribution in [0.1, 0.15) is 37.5 Å². The lowest BCUT2D eigenvalue weighted by Gasteiger charge is -2.14. The molecule has 0 fully saturated rings. The Morgan fingerprint density at radius 2 is 1.81 bits per heavy atom. The predicted molar refractivity (Wildman–Crippen MR) is 97.8 cm³/mol. The summed E-state index contributed by atoms with van der Waals surface area (Å²) in [4.78, 5) is 49.8. The second-order valence-corrected chi connectivity index (χ2v) is 6.17. The monoisotopic (exact) mass is 386 g/mol. The Kier molecular flexibility index (Phi) is 5.23. The molecule has 0 saturated carbocycles. The summed E-state index contributed by atoms with van der Waals surface area (Å²) in [6.07, 6.45) is -0.126. The summed E-state index contributed by atoms with van der Waals surface area (Å²) in [5, 5.41) is 2.80. The van der Waals surface area contributed by atoms with Crippen LogP contribution in [0.25, 0.3) is 0 Å². The topological polar surface area (TPSA) is 92.8 Å². The minimum absolute atomic E-state index is 0.102. The minimum atomic E-state index is -0.583. The Morgan fingerprint density at radius 1 is 1.07 bits per heavy atom. The summed E-state index contributed by atoms with van der Waals surface area (Å²) >= 11 is 6.00. The molecule has 0 radical (unpaired) electrons. The van der Waals surface area contributed by atoms with E-state index in [1.807, 2.05) is 0 Å². The zero-order valence-corrected chi connectivity index (χ0v) is 15.1. The van der Waals surface area contributed by atoms with Gasteiger partial charge in [-0.15, -0.1) is 0 Å². The molecule has 0 unspecified atom stereocenters. The number of halogens is 1. The number of fused-ring (bicyclic) bond motifs is 1. The number of rotatable bonds is 5. The molecular weight excluding hydrogens is 372 g/mol. The molecule has 0 bridgehead atoms. The lowest BCUT2D eigenvalue weighted by molar-refractivity contribution is -0.116. The van der Waals surface area contributed by atoms with Crippen LogP contribution in [0, 0.1) is 0 Å². The number of esters is 1. The number of carbonyl (C=O) groups is 4. The molecule has 0 spiro atoms. The number of nitrogens with zero attached hydrogens (tertiary/aromatic N) is 1. The number of methoxy groups -OCH3 is 1. The van der Waals surface area contributed by atoms with Gasteiger partial charge in [-0.2, -0.15) is 0 Å². The van der Waals surface area contributed by atoms with E-state index < -0.39 is 23.7 Å². The number of amides is 3. The largest absolute Gasteiger partial charge is 0.465 e. The van der Waals surface area contributed by atoms with E-state index in [4.69, 9.17) is 11.6 Å². The number of ether oxygens (including phenoxy) is 1. The van der Waals surface area contributed by atoms with E-state index in [1.165, 1.54) is 25.3 Å². The van der Waals surface area contributed by atoms with E-state index in [1.54, 1.807) is 24.3 Å². The summed E-state index contributed by atoms with van der Waals surface area (Å²) in [5.74, 6) is -2.04. The van der Waals surface area contributed by atoms with Gasteiger partial charge in [-0.1, -0.05) is 29.8 Å². The third-order valence-corrected chi connectivity index (χ3v) is 4.43. The van der Waals surface area contributed by atoms with Crippen molar-refractivity contribution in [1.82, 2.24) is 4.90 Å². The van der Waals surface area contributed by atoms with Gasteiger partial charge in [-0.3, -0.25) is 19.3 Å². The van der Waals surface area contributed by atoms with Crippen LogP contribution in [0.3, 0.4) is 0 Å². The van der Waals surface area contributed by atoms with Crippen molar-refractivity contribution in [3.63, 3.8) is 0 Å². The first-order valence-corrected chi connectivity index (χ1v) is 8.43. The number of benzene rings is 2. The number of hydrogen-bond acceptors (Lipinski definition) is 5. The molecule has 1 heterocycles. The molecule has 1 aliphatic heterocycles. The first-order valence-electron chi connectivity index (χ1n) is 8.06. The quantitative estimate of drug-likeness (QED) is 0.630. The zero-order chi connectivity index (χ0) is 19.6. The zero-order valence-electron chi connectivity index (χ0n) is 14.3. The Hall–Kier alpha value is -3.19. The molecule has 1 N–H and O–H groups in total. The van der Waals surface area contributed by atoms with Crippen molar-refractivity contribution in [2.75, 3.05) is 19.0 Å². The Morgan fingerprint density at radius 3 is 2.52 bits per heavy atom. The number of imide groups is 1. The third kappa shape index (κ3) is 3.54.